The van der Waals surface area contributed by atoms with Crippen LogP contribution in [0.15, 0.2) is 0 Å². The van der Waals surface area contributed by atoms with E-state index in [-0.39, 0.29) is 17.2 Å². The Bertz CT molecular complexity index is 204. The zero-order valence-electron chi connectivity index (χ0n) is 11.3. The molecule has 2 N–H and O–H groups in total. The second-order valence-corrected chi connectivity index (χ2v) is 5.69. The van der Waals surface area contributed by atoms with Gasteiger partial charge in [-0.2, -0.15) is 0 Å². The maximum absolute atomic E-state index is 11.5. The minimum Gasteiger partial charge on any atom is -0.391 e. The van der Waals surface area contributed by atoms with Gasteiger partial charge in [0.25, 0.3) is 0 Å². The lowest BCUT2D eigenvalue weighted by atomic mass is 9.91. The van der Waals surface area contributed by atoms with Gasteiger partial charge in [-0.25, -0.2) is 0 Å². The summed E-state index contributed by atoms with van der Waals surface area (Å²) in [7, 11) is 0. The number of aliphatic hydroxyl groups excluding tert-OH is 1. The Kier molecular flexibility index (Phi) is 6.65. The Morgan fingerprint density at radius 2 is 1.75 bits per heavy atom. The molecule has 96 valence electrons. The van der Waals surface area contributed by atoms with Gasteiger partial charge in [-0.05, 0) is 11.3 Å². The van der Waals surface area contributed by atoms with Gasteiger partial charge < -0.3 is 10.4 Å². The Hall–Kier alpha value is -0.570. The van der Waals surface area contributed by atoms with E-state index in [2.05, 4.69) is 19.2 Å². The van der Waals surface area contributed by atoms with Crippen molar-refractivity contribution in [2.75, 3.05) is 6.54 Å². The minimum atomic E-state index is -0.418. The van der Waals surface area contributed by atoms with Crippen LogP contribution in [-0.2, 0) is 4.79 Å². The first-order valence-corrected chi connectivity index (χ1v) is 6.25. The second-order valence-electron chi connectivity index (χ2n) is 5.69. The molecule has 3 nitrogen and oxygen atoms in total. The summed E-state index contributed by atoms with van der Waals surface area (Å²) in [6.07, 6.45) is 1.99. The number of rotatable bonds is 6. The molecule has 0 aromatic heterocycles. The molecule has 0 saturated heterocycles. The molecule has 1 unspecified atom stereocenters. The number of carbonyl (C=O) groups excluding carboxylic acids is 1. The summed E-state index contributed by atoms with van der Waals surface area (Å²) in [6, 6.07) is 0. The van der Waals surface area contributed by atoms with Crippen molar-refractivity contribution in [1.29, 1.82) is 0 Å². The highest BCUT2D eigenvalue weighted by Gasteiger charge is 2.19. The zero-order valence-corrected chi connectivity index (χ0v) is 11.3. The highest BCUT2D eigenvalue weighted by Crippen LogP contribution is 2.18. The summed E-state index contributed by atoms with van der Waals surface area (Å²) >= 11 is 0. The fourth-order valence-corrected chi connectivity index (χ4v) is 1.76. The Balaban J connectivity index is 3.92. The molecule has 0 spiro atoms. The molecule has 0 saturated carbocycles. The Morgan fingerprint density at radius 1 is 1.25 bits per heavy atom. The van der Waals surface area contributed by atoms with Gasteiger partial charge in [-0.15, -0.1) is 0 Å². The fourth-order valence-electron chi connectivity index (χ4n) is 1.76. The van der Waals surface area contributed by atoms with E-state index in [9.17, 15) is 9.90 Å². The average molecular weight is 229 g/mol. The van der Waals surface area contributed by atoms with E-state index in [1.807, 2.05) is 20.8 Å². The van der Waals surface area contributed by atoms with Crippen molar-refractivity contribution in [3.05, 3.63) is 0 Å². The van der Waals surface area contributed by atoms with Crippen molar-refractivity contribution in [3.8, 4) is 0 Å². The minimum absolute atomic E-state index is 0.00392. The van der Waals surface area contributed by atoms with Gasteiger partial charge in [0.1, 0.15) is 0 Å². The number of nitrogens with one attached hydrogen (secondary N) is 1. The summed E-state index contributed by atoms with van der Waals surface area (Å²) < 4.78 is 0. The molecule has 0 aliphatic carbocycles. The first-order chi connectivity index (χ1) is 7.30. The lowest BCUT2D eigenvalue weighted by Gasteiger charge is -2.22. The molecule has 0 heterocycles. The molecule has 0 aromatic rings. The van der Waals surface area contributed by atoms with E-state index in [0.717, 1.165) is 12.8 Å². The predicted molar refractivity (Wildman–Crippen MR) is 67.2 cm³/mol. The summed E-state index contributed by atoms with van der Waals surface area (Å²) in [4.78, 5) is 11.5. The third-order valence-electron chi connectivity index (χ3n) is 2.79. The molecule has 0 bridgehead atoms. The van der Waals surface area contributed by atoms with Gasteiger partial charge >= 0.3 is 0 Å². The van der Waals surface area contributed by atoms with E-state index in [1.54, 1.807) is 0 Å². The summed E-state index contributed by atoms with van der Waals surface area (Å²) in [5.41, 5.74) is 0.00392. The normalized spacial score (nSPS) is 13.9. The molecular formula is C13H27NO2. The molecule has 0 fully saturated rings. The van der Waals surface area contributed by atoms with E-state index >= 15 is 0 Å². The van der Waals surface area contributed by atoms with Crippen LogP contribution in [0.5, 0.6) is 0 Å². The molecule has 1 atom stereocenters. The molecule has 0 aliphatic heterocycles. The largest absolute Gasteiger partial charge is 0.391 e. The monoisotopic (exact) mass is 229 g/mol. The fraction of sp³-hybridized carbons (Fsp3) is 0.923. The van der Waals surface area contributed by atoms with Gasteiger partial charge in [-0.1, -0.05) is 47.5 Å². The molecule has 16 heavy (non-hydrogen) atoms. The second kappa shape index (κ2) is 6.89. The number of hydrogen-bond donors (Lipinski definition) is 2. The number of aliphatic hydroxyl groups is 1. The maximum Gasteiger partial charge on any atom is 0.220 e. The van der Waals surface area contributed by atoms with E-state index in [1.165, 1.54) is 0 Å². The van der Waals surface area contributed by atoms with Crippen LogP contribution in [0, 0.1) is 11.3 Å². The lowest BCUT2D eigenvalue weighted by Crippen LogP contribution is -2.37. The van der Waals surface area contributed by atoms with Crippen LogP contribution < -0.4 is 5.32 Å². The molecule has 0 aliphatic rings. The van der Waals surface area contributed by atoms with Crippen molar-refractivity contribution < 1.29 is 9.90 Å². The van der Waals surface area contributed by atoms with Gasteiger partial charge in [0.2, 0.25) is 5.91 Å². The van der Waals surface area contributed by atoms with Crippen molar-refractivity contribution in [3.63, 3.8) is 0 Å². The molecule has 1 amide bonds. The van der Waals surface area contributed by atoms with Crippen molar-refractivity contribution >= 4 is 5.91 Å². The third kappa shape index (κ3) is 6.83. The van der Waals surface area contributed by atoms with Crippen LogP contribution in [-0.4, -0.2) is 23.7 Å². The van der Waals surface area contributed by atoms with Crippen LogP contribution in [0.1, 0.15) is 53.9 Å². The van der Waals surface area contributed by atoms with Gasteiger partial charge in [0.15, 0.2) is 0 Å². The molecule has 3 heteroatoms. The number of carbonyl (C=O) groups is 1. The Morgan fingerprint density at radius 3 is 2.12 bits per heavy atom. The predicted octanol–water partition coefficient (Wildman–Crippen LogP) is 2.34. The molecule has 0 aromatic carbocycles. The van der Waals surface area contributed by atoms with Crippen LogP contribution in [0.25, 0.3) is 0 Å². The van der Waals surface area contributed by atoms with E-state index in [0.29, 0.717) is 13.0 Å². The molecule has 0 radical (unpaired) electrons. The molecule has 0 rings (SSSR count). The van der Waals surface area contributed by atoms with Crippen molar-refractivity contribution in [2.24, 2.45) is 11.3 Å². The first-order valence-electron chi connectivity index (χ1n) is 6.25. The van der Waals surface area contributed by atoms with Crippen molar-refractivity contribution in [2.45, 2.75) is 60.0 Å². The van der Waals surface area contributed by atoms with E-state index in [4.69, 9.17) is 0 Å². The Labute approximate surface area is 99.6 Å². The number of amides is 1. The van der Waals surface area contributed by atoms with E-state index < -0.39 is 6.10 Å². The van der Waals surface area contributed by atoms with Crippen LogP contribution in [0.3, 0.4) is 0 Å². The topological polar surface area (TPSA) is 49.3 Å². The molecular weight excluding hydrogens is 202 g/mol. The zero-order chi connectivity index (χ0) is 12.8. The average Bonchev–Trinajstić information content (AvgIpc) is 2.14. The number of hydrogen-bond acceptors (Lipinski definition) is 2. The maximum atomic E-state index is 11.5. The smallest absolute Gasteiger partial charge is 0.220 e. The highest BCUT2D eigenvalue weighted by molar-refractivity contribution is 5.76. The van der Waals surface area contributed by atoms with Crippen molar-refractivity contribution in [1.82, 2.24) is 5.32 Å². The van der Waals surface area contributed by atoms with Gasteiger partial charge in [0, 0.05) is 13.0 Å². The summed E-state index contributed by atoms with van der Waals surface area (Å²) in [5.74, 6) is 0.312. The van der Waals surface area contributed by atoms with Crippen LogP contribution in [0.4, 0.5) is 0 Å². The first kappa shape index (κ1) is 15.4. The van der Waals surface area contributed by atoms with Gasteiger partial charge in [0.05, 0.1) is 6.10 Å². The summed E-state index contributed by atoms with van der Waals surface area (Å²) in [6.45, 7) is 10.6. The summed E-state index contributed by atoms with van der Waals surface area (Å²) in [5, 5.41) is 12.6. The van der Waals surface area contributed by atoms with Gasteiger partial charge in [-0.3, -0.25) is 4.79 Å². The van der Waals surface area contributed by atoms with Crippen LogP contribution in [0.2, 0.25) is 0 Å². The quantitative estimate of drug-likeness (QED) is 0.734. The standard InChI is InChI=1S/C13H27NO2/c1-6-10(7-2)11(15)9-14-12(16)8-13(3,4)5/h10-11,15H,6-9H2,1-5H3,(H,14,16). The van der Waals surface area contributed by atoms with Crippen LogP contribution >= 0.6 is 0 Å². The highest BCUT2D eigenvalue weighted by atomic mass is 16.3. The third-order valence-corrected chi connectivity index (χ3v) is 2.79. The SMILES string of the molecule is CCC(CC)C(O)CNC(=O)CC(C)(C)C. The lowest BCUT2D eigenvalue weighted by molar-refractivity contribution is -0.123.